The fourth-order valence-corrected chi connectivity index (χ4v) is 4.34. The molecule has 0 unspecified atom stereocenters. The highest BCUT2D eigenvalue weighted by Crippen LogP contribution is 2.35. The van der Waals surface area contributed by atoms with Crippen molar-refractivity contribution in [1.82, 2.24) is 10.2 Å². The largest absolute Gasteiger partial charge is 0.284 e. The van der Waals surface area contributed by atoms with Crippen LogP contribution in [0.1, 0.15) is 51.5 Å². The molecule has 1 heterocycles. The molecule has 1 aromatic heterocycles. The predicted molar refractivity (Wildman–Crippen MR) is 99.3 cm³/mol. The van der Waals surface area contributed by atoms with E-state index in [1.165, 1.54) is 29.7 Å². The van der Waals surface area contributed by atoms with Crippen LogP contribution in [0.5, 0.6) is 0 Å². The van der Waals surface area contributed by atoms with E-state index in [-0.39, 0.29) is 11.9 Å². The van der Waals surface area contributed by atoms with Gasteiger partial charge in [-0.3, -0.25) is 9.69 Å². The maximum atomic E-state index is 12.8. The van der Waals surface area contributed by atoms with Gasteiger partial charge in [0.15, 0.2) is 0 Å². The zero-order valence-electron chi connectivity index (χ0n) is 14.7. The number of amides is 1. The Balaban J connectivity index is 1.91. The fraction of sp³-hybridized carbons (Fsp3) is 0.526. The molecule has 24 heavy (non-hydrogen) atoms. The molecule has 0 atom stereocenters. The third kappa shape index (κ3) is 3.66. The lowest BCUT2D eigenvalue weighted by atomic mass is 10.1. The first-order valence-corrected chi connectivity index (χ1v) is 9.59. The number of carbonyl (C=O) groups is 1. The summed E-state index contributed by atoms with van der Waals surface area (Å²) in [6.45, 7) is 6.25. The van der Waals surface area contributed by atoms with Gasteiger partial charge in [-0.1, -0.05) is 62.3 Å². The van der Waals surface area contributed by atoms with Crippen LogP contribution in [0.25, 0.3) is 10.6 Å². The van der Waals surface area contributed by atoms with Crippen molar-refractivity contribution in [3.63, 3.8) is 0 Å². The normalized spacial score (nSPS) is 15.2. The van der Waals surface area contributed by atoms with Crippen LogP contribution in [0.3, 0.4) is 0 Å². The molecule has 1 aliphatic rings. The van der Waals surface area contributed by atoms with Gasteiger partial charge in [-0.2, -0.15) is 0 Å². The number of hydrogen-bond donors (Lipinski definition) is 0. The molecule has 128 valence electrons. The lowest BCUT2D eigenvalue weighted by molar-refractivity contribution is -0.119. The SMILES string of the molecule is Cc1ccccc1-c1nnc(N(C(=O)CC(C)C)C2CCCC2)s1. The van der Waals surface area contributed by atoms with Crippen LogP contribution < -0.4 is 4.90 Å². The second-order valence-electron chi connectivity index (χ2n) is 7.00. The highest BCUT2D eigenvalue weighted by Gasteiger charge is 2.30. The Morgan fingerprint density at radius 2 is 1.96 bits per heavy atom. The molecule has 0 bridgehead atoms. The van der Waals surface area contributed by atoms with E-state index in [9.17, 15) is 4.79 Å². The molecule has 0 N–H and O–H groups in total. The minimum atomic E-state index is 0.185. The van der Waals surface area contributed by atoms with Gasteiger partial charge >= 0.3 is 0 Å². The Morgan fingerprint density at radius 1 is 1.25 bits per heavy atom. The van der Waals surface area contributed by atoms with E-state index in [1.54, 1.807) is 0 Å². The molecular formula is C19H25N3OS. The van der Waals surface area contributed by atoms with Gasteiger partial charge in [0.25, 0.3) is 0 Å². The average Bonchev–Trinajstić information content (AvgIpc) is 3.20. The van der Waals surface area contributed by atoms with Crippen molar-refractivity contribution in [2.24, 2.45) is 5.92 Å². The van der Waals surface area contributed by atoms with Gasteiger partial charge in [0, 0.05) is 18.0 Å². The fourth-order valence-electron chi connectivity index (χ4n) is 3.31. The lowest BCUT2D eigenvalue weighted by Crippen LogP contribution is -2.39. The first-order valence-electron chi connectivity index (χ1n) is 8.78. The van der Waals surface area contributed by atoms with Crippen LogP contribution in [-0.2, 0) is 4.79 Å². The molecule has 1 aliphatic carbocycles. The topological polar surface area (TPSA) is 46.1 Å². The lowest BCUT2D eigenvalue weighted by Gasteiger charge is -2.26. The number of carbonyl (C=O) groups excluding carboxylic acids is 1. The number of hydrogen-bond acceptors (Lipinski definition) is 4. The van der Waals surface area contributed by atoms with E-state index in [4.69, 9.17) is 0 Å². The van der Waals surface area contributed by atoms with Crippen molar-refractivity contribution in [1.29, 1.82) is 0 Å². The van der Waals surface area contributed by atoms with Crippen LogP contribution in [0.15, 0.2) is 24.3 Å². The molecule has 0 aliphatic heterocycles. The summed E-state index contributed by atoms with van der Waals surface area (Å²) < 4.78 is 0. The number of aryl methyl sites for hydroxylation is 1. The smallest absolute Gasteiger partial charge is 0.229 e. The summed E-state index contributed by atoms with van der Waals surface area (Å²) in [5.41, 5.74) is 2.28. The van der Waals surface area contributed by atoms with E-state index in [0.717, 1.165) is 28.5 Å². The van der Waals surface area contributed by atoms with Crippen molar-refractivity contribution in [2.45, 2.75) is 58.9 Å². The third-order valence-corrected chi connectivity index (χ3v) is 5.49. The average molecular weight is 343 g/mol. The molecule has 1 amide bonds. The molecule has 4 nitrogen and oxygen atoms in total. The molecule has 2 aromatic rings. The van der Waals surface area contributed by atoms with Crippen molar-refractivity contribution < 1.29 is 4.79 Å². The molecule has 3 rings (SSSR count). The van der Waals surface area contributed by atoms with Crippen molar-refractivity contribution in [2.75, 3.05) is 4.90 Å². The summed E-state index contributed by atoms with van der Waals surface area (Å²) >= 11 is 1.53. The molecule has 0 saturated heterocycles. The molecule has 1 saturated carbocycles. The Kier molecular flexibility index (Phi) is 5.29. The van der Waals surface area contributed by atoms with E-state index in [2.05, 4.69) is 43.1 Å². The monoisotopic (exact) mass is 343 g/mol. The van der Waals surface area contributed by atoms with E-state index in [0.29, 0.717) is 12.3 Å². The first-order chi connectivity index (χ1) is 11.6. The summed E-state index contributed by atoms with van der Waals surface area (Å²) in [5, 5.41) is 10.4. The van der Waals surface area contributed by atoms with Gasteiger partial charge in [0.2, 0.25) is 11.0 Å². The van der Waals surface area contributed by atoms with Crippen LogP contribution in [0.4, 0.5) is 5.13 Å². The molecule has 1 aromatic carbocycles. The van der Waals surface area contributed by atoms with E-state index in [1.807, 2.05) is 17.0 Å². The van der Waals surface area contributed by atoms with Gasteiger partial charge in [-0.15, -0.1) is 10.2 Å². The Bertz CT molecular complexity index is 704. The standard InChI is InChI=1S/C19H25N3OS/c1-13(2)12-17(23)22(15-9-5-6-10-15)19-21-20-18(24-19)16-11-7-4-8-14(16)3/h4,7-8,11,13,15H,5-6,9-10,12H2,1-3H3. The Labute approximate surface area is 147 Å². The van der Waals surface area contributed by atoms with Gasteiger partial charge in [0.05, 0.1) is 0 Å². The van der Waals surface area contributed by atoms with Gasteiger partial charge < -0.3 is 0 Å². The van der Waals surface area contributed by atoms with Crippen molar-refractivity contribution >= 4 is 22.4 Å². The minimum absolute atomic E-state index is 0.185. The summed E-state index contributed by atoms with van der Waals surface area (Å²) in [6, 6.07) is 8.47. The van der Waals surface area contributed by atoms with Gasteiger partial charge in [-0.05, 0) is 31.2 Å². The number of rotatable bonds is 5. The number of anilines is 1. The van der Waals surface area contributed by atoms with Gasteiger partial charge in [-0.25, -0.2) is 0 Å². The first kappa shape index (κ1) is 17.1. The molecular weight excluding hydrogens is 318 g/mol. The number of benzene rings is 1. The molecule has 1 fully saturated rings. The Morgan fingerprint density at radius 3 is 2.62 bits per heavy atom. The van der Waals surface area contributed by atoms with Crippen LogP contribution in [-0.4, -0.2) is 22.1 Å². The summed E-state index contributed by atoms with van der Waals surface area (Å²) in [4.78, 5) is 14.8. The third-order valence-electron chi connectivity index (χ3n) is 4.54. The quantitative estimate of drug-likeness (QED) is 0.781. The second-order valence-corrected chi connectivity index (χ2v) is 7.96. The molecule has 5 heteroatoms. The Hall–Kier alpha value is -1.75. The second kappa shape index (κ2) is 7.43. The maximum Gasteiger partial charge on any atom is 0.229 e. The zero-order chi connectivity index (χ0) is 17.1. The molecule has 0 radical (unpaired) electrons. The number of nitrogens with zero attached hydrogens (tertiary/aromatic N) is 3. The number of aromatic nitrogens is 2. The van der Waals surface area contributed by atoms with Crippen molar-refractivity contribution in [3.05, 3.63) is 29.8 Å². The molecule has 0 spiro atoms. The van der Waals surface area contributed by atoms with Crippen LogP contribution in [0.2, 0.25) is 0 Å². The van der Waals surface area contributed by atoms with Crippen LogP contribution in [0, 0.1) is 12.8 Å². The summed E-state index contributed by atoms with van der Waals surface area (Å²) in [7, 11) is 0. The van der Waals surface area contributed by atoms with Crippen molar-refractivity contribution in [3.8, 4) is 10.6 Å². The van der Waals surface area contributed by atoms with Gasteiger partial charge in [0.1, 0.15) is 5.01 Å². The zero-order valence-corrected chi connectivity index (χ0v) is 15.5. The summed E-state index contributed by atoms with van der Waals surface area (Å²) in [6.07, 6.45) is 5.10. The summed E-state index contributed by atoms with van der Waals surface area (Å²) in [5.74, 6) is 0.537. The van der Waals surface area contributed by atoms with Crippen LogP contribution >= 0.6 is 11.3 Å². The van der Waals surface area contributed by atoms with E-state index < -0.39 is 0 Å². The predicted octanol–water partition coefficient (Wildman–Crippen LogP) is 4.84. The highest BCUT2D eigenvalue weighted by molar-refractivity contribution is 7.18. The maximum absolute atomic E-state index is 12.8. The van der Waals surface area contributed by atoms with E-state index >= 15 is 0 Å². The highest BCUT2D eigenvalue weighted by atomic mass is 32.1. The minimum Gasteiger partial charge on any atom is -0.284 e.